The number of aromatic carboxylic acids is 1. The number of amides is 1. The Bertz CT molecular complexity index is 453. The molecule has 0 heterocycles. The maximum absolute atomic E-state index is 11.8. The standard InChI is InChI=1S/C16H23NO3/c1-3-12(4-2)11-17-15(18)10-9-13-7-5-6-8-14(13)16(19)20/h5-8,12H,3-4,9-11H2,1-2H3,(H,17,18)(H,19,20). The highest BCUT2D eigenvalue weighted by atomic mass is 16.4. The summed E-state index contributed by atoms with van der Waals surface area (Å²) in [4.78, 5) is 22.8. The zero-order chi connectivity index (χ0) is 15.0. The van der Waals surface area contributed by atoms with Gasteiger partial charge < -0.3 is 10.4 Å². The van der Waals surface area contributed by atoms with Gasteiger partial charge in [0.2, 0.25) is 5.91 Å². The number of carbonyl (C=O) groups is 2. The molecule has 4 heteroatoms. The third-order valence-corrected chi connectivity index (χ3v) is 3.61. The minimum Gasteiger partial charge on any atom is -0.478 e. The van der Waals surface area contributed by atoms with Crippen molar-refractivity contribution in [3.63, 3.8) is 0 Å². The molecule has 0 fully saturated rings. The summed E-state index contributed by atoms with van der Waals surface area (Å²) in [5.74, 6) is -0.444. The number of hydrogen-bond donors (Lipinski definition) is 2. The lowest BCUT2D eigenvalue weighted by Gasteiger charge is -2.13. The Morgan fingerprint density at radius 2 is 1.85 bits per heavy atom. The van der Waals surface area contributed by atoms with E-state index >= 15 is 0 Å². The quantitative estimate of drug-likeness (QED) is 0.768. The van der Waals surface area contributed by atoms with Gasteiger partial charge in [0.25, 0.3) is 0 Å². The molecule has 0 unspecified atom stereocenters. The third-order valence-electron chi connectivity index (χ3n) is 3.61. The van der Waals surface area contributed by atoms with Crippen molar-refractivity contribution in [1.82, 2.24) is 5.32 Å². The molecule has 20 heavy (non-hydrogen) atoms. The van der Waals surface area contributed by atoms with Crippen LogP contribution in [0.5, 0.6) is 0 Å². The second-order valence-electron chi connectivity index (χ2n) is 4.95. The fourth-order valence-corrected chi connectivity index (χ4v) is 2.12. The first-order valence-electron chi connectivity index (χ1n) is 7.16. The van der Waals surface area contributed by atoms with E-state index in [0.717, 1.165) is 12.8 Å². The summed E-state index contributed by atoms with van der Waals surface area (Å²) in [5.41, 5.74) is 0.984. The van der Waals surface area contributed by atoms with Gasteiger partial charge in [-0.15, -0.1) is 0 Å². The van der Waals surface area contributed by atoms with Gasteiger partial charge in [-0.05, 0) is 24.0 Å². The van der Waals surface area contributed by atoms with Gasteiger partial charge in [-0.3, -0.25) is 4.79 Å². The Balaban J connectivity index is 2.47. The van der Waals surface area contributed by atoms with Crippen LogP contribution in [0.25, 0.3) is 0 Å². The van der Waals surface area contributed by atoms with Crippen molar-refractivity contribution >= 4 is 11.9 Å². The molecule has 1 aromatic carbocycles. The molecule has 0 aliphatic heterocycles. The zero-order valence-electron chi connectivity index (χ0n) is 12.2. The molecule has 1 aromatic rings. The Morgan fingerprint density at radius 1 is 1.20 bits per heavy atom. The van der Waals surface area contributed by atoms with Crippen LogP contribution in [-0.4, -0.2) is 23.5 Å². The van der Waals surface area contributed by atoms with Crippen LogP contribution in [0, 0.1) is 5.92 Å². The van der Waals surface area contributed by atoms with E-state index in [0.29, 0.717) is 30.9 Å². The summed E-state index contributed by atoms with van der Waals surface area (Å²) >= 11 is 0. The highest BCUT2D eigenvalue weighted by molar-refractivity contribution is 5.89. The zero-order valence-corrected chi connectivity index (χ0v) is 12.2. The highest BCUT2D eigenvalue weighted by Crippen LogP contribution is 2.11. The molecule has 0 saturated heterocycles. The first kappa shape index (κ1) is 16.2. The van der Waals surface area contributed by atoms with E-state index in [4.69, 9.17) is 5.11 Å². The van der Waals surface area contributed by atoms with Gasteiger partial charge in [-0.1, -0.05) is 44.9 Å². The van der Waals surface area contributed by atoms with Crippen LogP contribution in [0.3, 0.4) is 0 Å². The first-order valence-corrected chi connectivity index (χ1v) is 7.16. The van der Waals surface area contributed by atoms with Crippen LogP contribution in [0.4, 0.5) is 0 Å². The second-order valence-corrected chi connectivity index (χ2v) is 4.95. The molecular weight excluding hydrogens is 254 g/mol. The molecule has 4 nitrogen and oxygen atoms in total. The summed E-state index contributed by atoms with van der Waals surface area (Å²) in [6.07, 6.45) is 2.89. The van der Waals surface area contributed by atoms with Gasteiger partial charge in [0.05, 0.1) is 5.56 Å². The molecule has 0 aromatic heterocycles. The van der Waals surface area contributed by atoms with Crippen LogP contribution >= 0.6 is 0 Å². The Morgan fingerprint density at radius 3 is 2.45 bits per heavy atom. The van der Waals surface area contributed by atoms with Gasteiger partial charge >= 0.3 is 5.97 Å². The number of rotatable bonds is 8. The van der Waals surface area contributed by atoms with Crippen molar-refractivity contribution in [2.24, 2.45) is 5.92 Å². The van der Waals surface area contributed by atoms with Gasteiger partial charge in [0.1, 0.15) is 0 Å². The number of benzene rings is 1. The average molecular weight is 277 g/mol. The van der Waals surface area contributed by atoms with E-state index in [1.165, 1.54) is 0 Å². The predicted octanol–water partition coefficient (Wildman–Crippen LogP) is 2.87. The molecule has 110 valence electrons. The lowest BCUT2D eigenvalue weighted by molar-refractivity contribution is -0.121. The average Bonchev–Trinajstić information content (AvgIpc) is 2.46. The van der Waals surface area contributed by atoms with Crippen LogP contribution in [-0.2, 0) is 11.2 Å². The van der Waals surface area contributed by atoms with Crippen LogP contribution in [0.15, 0.2) is 24.3 Å². The first-order chi connectivity index (χ1) is 9.58. The number of nitrogens with one attached hydrogen (secondary N) is 1. The minimum absolute atomic E-state index is 0.0166. The van der Waals surface area contributed by atoms with Crippen molar-refractivity contribution in [1.29, 1.82) is 0 Å². The maximum Gasteiger partial charge on any atom is 0.335 e. The maximum atomic E-state index is 11.8. The fourth-order valence-electron chi connectivity index (χ4n) is 2.12. The molecule has 0 atom stereocenters. The normalized spacial score (nSPS) is 10.6. The van der Waals surface area contributed by atoms with Gasteiger partial charge in [0, 0.05) is 13.0 Å². The predicted molar refractivity (Wildman–Crippen MR) is 78.8 cm³/mol. The fraction of sp³-hybridized carbons (Fsp3) is 0.500. The second kappa shape index (κ2) is 8.35. The van der Waals surface area contributed by atoms with Crippen molar-refractivity contribution in [3.8, 4) is 0 Å². The highest BCUT2D eigenvalue weighted by Gasteiger charge is 2.11. The van der Waals surface area contributed by atoms with E-state index in [1.54, 1.807) is 24.3 Å². The summed E-state index contributed by atoms with van der Waals surface area (Å²) in [6.45, 7) is 4.93. The van der Waals surface area contributed by atoms with Crippen LogP contribution in [0.1, 0.15) is 49.0 Å². The molecule has 0 bridgehead atoms. The van der Waals surface area contributed by atoms with E-state index in [1.807, 2.05) is 0 Å². The van der Waals surface area contributed by atoms with Crippen LogP contribution < -0.4 is 5.32 Å². The smallest absolute Gasteiger partial charge is 0.335 e. The molecule has 1 amide bonds. The Labute approximate surface area is 120 Å². The Hall–Kier alpha value is -1.84. The molecule has 1 rings (SSSR count). The monoisotopic (exact) mass is 277 g/mol. The van der Waals surface area contributed by atoms with E-state index in [-0.39, 0.29) is 11.5 Å². The van der Waals surface area contributed by atoms with Crippen molar-refractivity contribution in [2.45, 2.75) is 39.5 Å². The van der Waals surface area contributed by atoms with Gasteiger partial charge in [-0.25, -0.2) is 4.79 Å². The molecular formula is C16H23NO3. The lowest BCUT2D eigenvalue weighted by atomic mass is 10.0. The summed E-state index contributed by atoms with van der Waals surface area (Å²) in [5, 5.41) is 12.0. The number of carboxylic acid groups (broad SMARTS) is 1. The molecule has 0 saturated carbocycles. The molecule has 0 radical (unpaired) electrons. The lowest BCUT2D eigenvalue weighted by Crippen LogP contribution is -2.29. The molecule has 0 spiro atoms. The number of aryl methyl sites for hydroxylation is 1. The van der Waals surface area contributed by atoms with Gasteiger partial charge in [-0.2, -0.15) is 0 Å². The number of carbonyl (C=O) groups excluding carboxylic acids is 1. The summed E-state index contributed by atoms with van der Waals surface area (Å²) in [7, 11) is 0. The number of carboxylic acids is 1. The minimum atomic E-state index is -0.946. The van der Waals surface area contributed by atoms with Gasteiger partial charge in [0.15, 0.2) is 0 Å². The third kappa shape index (κ3) is 5.03. The SMILES string of the molecule is CCC(CC)CNC(=O)CCc1ccccc1C(=O)O. The summed E-state index contributed by atoms with van der Waals surface area (Å²) < 4.78 is 0. The van der Waals surface area contributed by atoms with Crippen molar-refractivity contribution in [3.05, 3.63) is 35.4 Å². The topological polar surface area (TPSA) is 66.4 Å². The summed E-state index contributed by atoms with van der Waals surface area (Å²) in [6, 6.07) is 6.82. The Kier molecular flexibility index (Phi) is 6.77. The van der Waals surface area contributed by atoms with E-state index < -0.39 is 5.97 Å². The van der Waals surface area contributed by atoms with E-state index in [2.05, 4.69) is 19.2 Å². The molecule has 0 aliphatic carbocycles. The van der Waals surface area contributed by atoms with Crippen molar-refractivity contribution < 1.29 is 14.7 Å². The number of hydrogen-bond acceptors (Lipinski definition) is 2. The van der Waals surface area contributed by atoms with Crippen LogP contribution in [0.2, 0.25) is 0 Å². The molecule has 0 aliphatic rings. The van der Waals surface area contributed by atoms with E-state index in [9.17, 15) is 9.59 Å². The largest absolute Gasteiger partial charge is 0.478 e. The van der Waals surface area contributed by atoms with Crippen molar-refractivity contribution in [2.75, 3.05) is 6.54 Å². The molecule has 2 N–H and O–H groups in total.